The minimum Gasteiger partial charge on any atom is -0.486 e. The summed E-state index contributed by atoms with van der Waals surface area (Å²) < 4.78 is 21.5. The van der Waals surface area contributed by atoms with Gasteiger partial charge >= 0.3 is 0 Å². The third-order valence-electron chi connectivity index (χ3n) is 5.47. The lowest BCUT2D eigenvalue weighted by Crippen LogP contribution is -2.64. The first-order chi connectivity index (χ1) is 16.2. The summed E-state index contributed by atoms with van der Waals surface area (Å²) in [5.74, 6) is 0.00130. The number of ether oxygens (including phenoxy) is 4. The van der Waals surface area contributed by atoms with Gasteiger partial charge in [0.2, 0.25) is 5.88 Å². The van der Waals surface area contributed by atoms with E-state index in [1.54, 1.807) is 25.3 Å². The molecule has 5 atom stereocenters. The van der Waals surface area contributed by atoms with Crippen molar-refractivity contribution in [3.05, 3.63) is 51.1 Å². The highest BCUT2D eigenvalue weighted by Crippen LogP contribution is 2.38. The van der Waals surface area contributed by atoms with Gasteiger partial charge in [-0.25, -0.2) is 4.98 Å². The van der Waals surface area contributed by atoms with E-state index in [1.807, 2.05) is 0 Å². The minimum absolute atomic E-state index is 0.103. The maximum atomic E-state index is 13.0. The van der Waals surface area contributed by atoms with Crippen LogP contribution in [0.2, 0.25) is 10.0 Å². The van der Waals surface area contributed by atoms with Crippen molar-refractivity contribution < 1.29 is 39.1 Å². The molecule has 34 heavy (non-hydrogen) atoms. The van der Waals surface area contributed by atoms with Crippen LogP contribution >= 0.6 is 23.2 Å². The Hall–Kier alpha value is -2.18. The molecule has 0 saturated carbocycles. The Balaban J connectivity index is 1.78. The van der Waals surface area contributed by atoms with Crippen molar-refractivity contribution >= 4 is 29.1 Å². The van der Waals surface area contributed by atoms with Crippen molar-refractivity contribution in [1.29, 1.82) is 0 Å². The standard InChI is InChI=1S/C22H26Cl2N2O8/c1-10-12(21(30)26-17-19(29)18(28)14(8-27)34-22(17)32-3)7-13(23)20(16(10)24)33-9-11-4-5-25-15(6-11)31-2/h4-7,14,17-19,22,27-29H,8-9H2,1-3H3,(H,26,30)/t14-,17-,18-,19-,22+/m1/s1. The summed E-state index contributed by atoms with van der Waals surface area (Å²) in [5.41, 5.74) is 1.30. The van der Waals surface area contributed by atoms with Gasteiger partial charge in [-0.05, 0) is 30.2 Å². The van der Waals surface area contributed by atoms with Gasteiger partial charge in [0.05, 0.1) is 23.8 Å². The molecule has 4 N–H and O–H groups in total. The van der Waals surface area contributed by atoms with E-state index < -0.39 is 43.2 Å². The first-order valence-corrected chi connectivity index (χ1v) is 11.0. The van der Waals surface area contributed by atoms with Crippen molar-refractivity contribution in [3.8, 4) is 11.6 Å². The largest absolute Gasteiger partial charge is 0.486 e. The zero-order valence-electron chi connectivity index (χ0n) is 18.7. The second kappa shape index (κ2) is 11.5. The van der Waals surface area contributed by atoms with Gasteiger partial charge in [0.15, 0.2) is 12.0 Å². The number of amides is 1. The van der Waals surface area contributed by atoms with E-state index in [-0.39, 0.29) is 28.0 Å². The van der Waals surface area contributed by atoms with Crippen LogP contribution in [0.5, 0.6) is 11.6 Å². The number of halogens is 2. The zero-order chi connectivity index (χ0) is 25.0. The molecule has 12 heteroatoms. The molecule has 1 aromatic carbocycles. The maximum absolute atomic E-state index is 13.0. The Morgan fingerprint density at radius 2 is 1.97 bits per heavy atom. The van der Waals surface area contributed by atoms with E-state index in [2.05, 4.69) is 10.3 Å². The van der Waals surface area contributed by atoms with Gasteiger partial charge < -0.3 is 39.6 Å². The van der Waals surface area contributed by atoms with Gasteiger partial charge in [-0.1, -0.05) is 23.2 Å². The zero-order valence-corrected chi connectivity index (χ0v) is 20.2. The van der Waals surface area contributed by atoms with Gasteiger partial charge in [-0.2, -0.15) is 0 Å². The van der Waals surface area contributed by atoms with Crippen LogP contribution in [0.25, 0.3) is 0 Å². The number of aliphatic hydroxyl groups is 3. The Labute approximate surface area is 206 Å². The Morgan fingerprint density at radius 3 is 2.62 bits per heavy atom. The second-order valence-electron chi connectivity index (χ2n) is 7.61. The molecule has 0 bridgehead atoms. The van der Waals surface area contributed by atoms with Gasteiger partial charge in [-0.15, -0.1) is 0 Å². The van der Waals surface area contributed by atoms with Crippen molar-refractivity contribution in [2.45, 2.75) is 44.2 Å². The van der Waals surface area contributed by atoms with Crippen LogP contribution in [-0.2, 0) is 16.1 Å². The van der Waals surface area contributed by atoms with Crippen LogP contribution in [0.15, 0.2) is 24.4 Å². The van der Waals surface area contributed by atoms with E-state index >= 15 is 0 Å². The summed E-state index contributed by atoms with van der Waals surface area (Å²) in [6.07, 6.45) is -3.47. The number of carbonyl (C=O) groups is 1. The first-order valence-electron chi connectivity index (χ1n) is 10.3. The van der Waals surface area contributed by atoms with Crippen LogP contribution in [0.3, 0.4) is 0 Å². The van der Waals surface area contributed by atoms with Gasteiger partial charge in [0, 0.05) is 24.9 Å². The second-order valence-corrected chi connectivity index (χ2v) is 8.40. The summed E-state index contributed by atoms with van der Waals surface area (Å²) >= 11 is 12.8. The third-order valence-corrected chi connectivity index (χ3v) is 6.20. The average molecular weight is 517 g/mol. The number of carbonyl (C=O) groups excluding carboxylic acids is 1. The van der Waals surface area contributed by atoms with Crippen LogP contribution in [0, 0.1) is 6.92 Å². The maximum Gasteiger partial charge on any atom is 0.252 e. The third kappa shape index (κ3) is 5.55. The smallest absolute Gasteiger partial charge is 0.252 e. The van der Waals surface area contributed by atoms with E-state index in [9.17, 15) is 20.1 Å². The molecular weight excluding hydrogens is 491 g/mol. The molecule has 1 aliphatic rings. The van der Waals surface area contributed by atoms with Crippen molar-refractivity contribution in [2.24, 2.45) is 0 Å². The number of hydrogen-bond donors (Lipinski definition) is 4. The van der Waals surface area contributed by atoms with E-state index in [4.69, 9.17) is 42.1 Å². The van der Waals surface area contributed by atoms with Crippen LogP contribution in [0.4, 0.5) is 0 Å². The molecule has 1 saturated heterocycles. The lowest BCUT2D eigenvalue weighted by Gasteiger charge is -2.41. The number of benzene rings is 1. The topological polar surface area (TPSA) is 140 Å². The van der Waals surface area contributed by atoms with Crippen molar-refractivity contribution in [1.82, 2.24) is 10.3 Å². The number of rotatable bonds is 8. The van der Waals surface area contributed by atoms with Crippen LogP contribution < -0.4 is 14.8 Å². The molecule has 1 aliphatic heterocycles. The molecule has 2 aromatic rings. The minimum atomic E-state index is -1.45. The molecule has 0 aliphatic carbocycles. The highest BCUT2D eigenvalue weighted by molar-refractivity contribution is 6.38. The quantitative estimate of drug-likeness (QED) is 0.410. The Morgan fingerprint density at radius 1 is 1.24 bits per heavy atom. The molecule has 1 fully saturated rings. The number of aliphatic hydroxyl groups excluding tert-OH is 3. The predicted molar refractivity (Wildman–Crippen MR) is 122 cm³/mol. The lowest BCUT2D eigenvalue weighted by atomic mass is 9.96. The van der Waals surface area contributed by atoms with Gasteiger partial charge in [0.25, 0.3) is 5.91 Å². The molecule has 0 unspecified atom stereocenters. The fraction of sp³-hybridized carbons (Fsp3) is 0.455. The van der Waals surface area contributed by atoms with E-state index in [0.717, 1.165) is 5.56 Å². The molecule has 1 aromatic heterocycles. The average Bonchev–Trinajstić information content (AvgIpc) is 2.84. The number of pyridine rings is 1. The number of nitrogens with one attached hydrogen (secondary N) is 1. The summed E-state index contributed by atoms with van der Waals surface area (Å²) in [5, 5.41) is 32.8. The normalized spacial score (nSPS) is 24.5. The van der Waals surface area contributed by atoms with E-state index in [0.29, 0.717) is 11.4 Å². The first kappa shape index (κ1) is 26.4. The highest BCUT2D eigenvalue weighted by Gasteiger charge is 2.45. The molecule has 10 nitrogen and oxygen atoms in total. The summed E-state index contributed by atoms with van der Waals surface area (Å²) in [7, 11) is 2.82. The Bertz CT molecular complexity index is 1020. The molecule has 186 valence electrons. The van der Waals surface area contributed by atoms with Crippen LogP contribution in [-0.4, -0.2) is 77.7 Å². The van der Waals surface area contributed by atoms with Crippen LogP contribution in [0.1, 0.15) is 21.5 Å². The number of hydrogen-bond acceptors (Lipinski definition) is 9. The SMILES string of the molecule is COc1cc(COc2c(Cl)cc(C(=O)N[C@H]3[C@@H](OC)O[C@H](CO)[C@@H](O)[C@@H]3O)c(C)c2Cl)ccn1. The lowest BCUT2D eigenvalue weighted by molar-refractivity contribution is -0.261. The fourth-order valence-corrected chi connectivity index (χ4v) is 4.10. The number of aromatic nitrogens is 1. The fourth-order valence-electron chi connectivity index (χ4n) is 3.54. The summed E-state index contributed by atoms with van der Waals surface area (Å²) in [4.78, 5) is 17.1. The number of methoxy groups -OCH3 is 2. The molecule has 1 amide bonds. The Kier molecular flexibility index (Phi) is 8.94. The molecular formula is C22H26Cl2N2O8. The monoisotopic (exact) mass is 516 g/mol. The predicted octanol–water partition coefficient (Wildman–Crippen LogP) is 1.47. The highest BCUT2D eigenvalue weighted by atomic mass is 35.5. The number of nitrogens with zero attached hydrogens (tertiary/aromatic N) is 1. The van der Waals surface area contributed by atoms with Crippen molar-refractivity contribution in [2.75, 3.05) is 20.8 Å². The van der Waals surface area contributed by atoms with Crippen molar-refractivity contribution in [3.63, 3.8) is 0 Å². The van der Waals surface area contributed by atoms with Gasteiger partial charge in [0.1, 0.15) is 31.0 Å². The van der Waals surface area contributed by atoms with E-state index in [1.165, 1.54) is 20.3 Å². The summed E-state index contributed by atoms with van der Waals surface area (Å²) in [6.45, 7) is 1.22. The summed E-state index contributed by atoms with van der Waals surface area (Å²) in [6, 6.07) is 3.73. The molecule has 0 radical (unpaired) electrons. The molecule has 0 spiro atoms. The molecule has 2 heterocycles. The molecule has 3 rings (SSSR count). The van der Waals surface area contributed by atoms with Gasteiger partial charge in [-0.3, -0.25) is 4.79 Å².